The predicted octanol–water partition coefficient (Wildman–Crippen LogP) is 3.14. The van der Waals surface area contributed by atoms with Crippen LogP contribution in [0.25, 0.3) is 0 Å². The first kappa shape index (κ1) is 13.2. The van der Waals surface area contributed by atoms with Gasteiger partial charge in [-0.3, -0.25) is 4.79 Å². The fraction of sp³-hybridized carbons (Fsp3) is 0. The lowest BCUT2D eigenvalue weighted by atomic mass is 10.1. The number of hydrogen-bond acceptors (Lipinski definition) is 3. The number of halogens is 2. The summed E-state index contributed by atoms with van der Waals surface area (Å²) in [5, 5.41) is 21.0. The molecular formula is C13H9ClFNO3. The monoisotopic (exact) mass is 281 g/mol. The van der Waals surface area contributed by atoms with Crippen LogP contribution in [0.3, 0.4) is 0 Å². The van der Waals surface area contributed by atoms with Crippen molar-refractivity contribution in [2.45, 2.75) is 0 Å². The maximum atomic E-state index is 13.6. The van der Waals surface area contributed by atoms with Crippen LogP contribution in [0.5, 0.6) is 11.5 Å². The highest BCUT2D eigenvalue weighted by Gasteiger charge is 2.16. The number of carbonyl (C=O) groups excluding carboxylic acids is 1. The number of carbonyl (C=O) groups is 1. The van der Waals surface area contributed by atoms with Gasteiger partial charge in [-0.15, -0.1) is 0 Å². The van der Waals surface area contributed by atoms with Gasteiger partial charge in [-0.2, -0.15) is 0 Å². The predicted molar refractivity (Wildman–Crippen MR) is 69.1 cm³/mol. The molecule has 2 aromatic carbocycles. The average Bonchev–Trinajstić information content (AvgIpc) is 2.38. The largest absolute Gasteiger partial charge is 0.504 e. The molecule has 2 aromatic rings. The van der Waals surface area contributed by atoms with E-state index in [1.165, 1.54) is 36.4 Å². The number of phenols is 2. The second kappa shape index (κ2) is 5.16. The van der Waals surface area contributed by atoms with Crippen LogP contribution >= 0.6 is 11.6 Å². The van der Waals surface area contributed by atoms with Gasteiger partial charge in [-0.25, -0.2) is 4.39 Å². The molecule has 0 aliphatic rings. The first-order valence-corrected chi connectivity index (χ1v) is 5.65. The second-order valence-electron chi connectivity index (χ2n) is 3.73. The number of nitrogens with one attached hydrogen (secondary N) is 1. The molecule has 0 aliphatic carbocycles. The highest BCUT2D eigenvalue weighted by molar-refractivity contribution is 6.31. The Morgan fingerprint density at radius 1 is 1.16 bits per heavy atom. The van der Waals surface area contributed by atoms with Crippen LogP contribution in [-0.2, 0) is 0 Å². The van der Waals surface area contributed by atoms with Crippen LogP contribution in [-0.4, -0.2) is 16.1 Å². The van der Waals surface area contributed by atoms with Crippen molar-refractivity contribution in [2.24, 2.45) is 0 Å². The van der Waals surface area contributed by atoms with Crippen LogP contribution in [0.1, 0.15) is 10.4 Å². The molecule has 1 amide bonds. The van der Waals surface area contributed by atoms with Crippen LogP contribution in [0.4, 0.5) is 10.1 Å². The lowest BCUT2D eigenvalue weighted by Crippen LogP contribution is -2.13. The van der Waals surface area contributed by atoms with Crippen molar-refractivity contribution in [3.05, 3.63) is 52.8 Å². The molecule has 0 saturated heterocycles. The fourth-order valence-corrected chi connectivity index (χ4v) is 1.68. The number of anilines is 1. The van der Waals surface area contributed by atoms with E-state index >= 15 is 0 Å². The summed E-state index contributed by atoms with van der Waals surface area (Å²) < 4.78 is 13.6. The van der Waals surface area contributed by atoms with Gasteiger partial charge < -0.3 is 15.5 Å². The molecule has 0 spiro atoms. The Bertz CT molecular complexity index is 646. The van der Waals surface area contributed by atoms with Gasteiger partial charge in [0.25, 0.3) is 5.91 Å². The topological polar surface area (TPSA) is 69.6 Å². The van der Waals surface area contributed by atoms with Gasteiger partial charge in [0.15, 0.2) is 17.3 Å². The van der Waals surface area contributed by atoms with Gasteiger partial charge >= 0.3 is 0 Å². The van der Waals surface area contributed by atoms with E-state index in [4.69, 9.17) is 11.6 Å². The van der Waals surface area contributed by atoms with Crippen LogP contribution in [0.2, 0.25) is 5.02 Å². The molecule has 2 rings (SSSR count). The zero-order chi connectivity index (χ0) is 14.0. The summed E-state index contributed by atoms with van der Waals surface area (Å²) in [5.74, 6) is -2.52. The van der Waals surface area contributed by atoms with Gasteiger partial charge in [0.2, 0.25) is 0 Å². The SMILES string of the molecule is O=C(Nc1cccc(Cl)c1F)c1cccc(O)c1O. The van der Waals surface area contributed by atoms with E-state index in [1.807, 2.05) is 0 Å². The van der Waals surface area contributed by atoms with Gasteiger partial charge in [-0.05, 0) is 24.3 Å². The van der Waals surface area contributed by atoms with Crippen molar-refractivity contribution in [3.63, 3.8) is 0 Å². The third-order valence-electron chi connectivity index (χ3n) is 2.46. The minimum Gasteiger partial charge on any atom is -0.504 e. The molecule has 0 atom stereocenters. The number of amides is 1. The number of benzene rings is 2. The van der Waals surface area contributed by atoms with Crippen molar-refractivity contribution in [3.8, 4) is 11.5 Å². The van der Waals surface area contributed by atoms with E-state index in [0.717, 1.165) is 0 Å². The van der Waals surface area contributed by atoms with Crippen molar-refractivity contribution in [2.75, 3.05) is 5.32 Å². The first-order chi connectivity index (χ1) is 9.00. The Morgan fingerprint density at radius 3 is 2.58 bits per heavy atom. The molecule has 0 radical (unpaired) electrons. The summed E-state index contributed by atoms with van der Waals surface area (Å²) >= 11 is 5.58. The molecule has 6 heteroatoms. The molecule has 98 valence electrons. The maximum absolute atomic E-state index is 13.6. The minimum atomic E-state index is -0.767. The fourth-order valence-electron chi connectivity index (χ4n) is 1.50. The summed E-state index contributed by atoms with van der Waals surface area (Å²) in [6.07, 6.45) is 0. The van der Waals surface area contributed by atoms with E-state index in [-0.39, 0.29) is 16.3 Å². The van der Waals surface area contributed by atoms with Gasteiger partial charge in [0, 0.05) is 0 Å². The van der Waals surface area contributed by atoms with Gasteiger partial charge in [0.05, 0.1) is 16.3 Å². The van der Waals surface area contributed by atoms with E-state index in [9.17, 15) is 19.4 Å². The number of phenolic OH excluding ortho intramolecular Hbond substituents is 2. The van der Waals surface area contributed by atoms with E-state index in [2.05, 4.69) is 5.32 Å². The summed E-state index contributed by atoms with van der Waals surface area (Å²) in [6, 6.07) is 8.07. The molecular weight excluding hydrogens is 273 g/mol. The number of aromatic hydroxyl groups is 2. The molecule has 4 nitrogen and oxygen atoms in total. The molecule has 0 aromatic heterocycles. The second-order valence-corrected chi connectivity index (χ2v) is 4.14. The molecule has 0 unspecified atom stereocenters. The Balaban J connectivity index is 2.31. The Morgan fingerprint density at radius 2 is 1.84 bits per heavy atom. The Labute approximate surface area is 113 Å². The van der Waals surface area contributed by atoms with Crippen molar-refractivity contribution in [1.29, 1.82) is 0 Å². The number of rotatable bonds is 2. The van der Waals surface area contributed by atoms with Crippen LogP contribution in [0.15, 0.2) is 36.4 Å². The Kier molecular flexibility index (Phi) is 3.57. The van der Waals surface area contributed by atoms with E-state index in [1.54, 1.807) is 0 Å². The molecule has 0 fully saturated rings. The van der Waals surface area contributed by atoms with Crippen molar-refractivity contribution in [1.82, 2.24) is 0 Å². The normalized spacial score (nSPS) is 10.2. The summed E-state index contributed by atoms with van der Waals surface area (Å²) in [7, 11) is 0. The smallest absolute Gasteiger partial charge is 0.259 e. The highest BCUT2D eigenvalue weighted by Crippen LogP contribution is 2.29. The molecule has 0 saturated carbocycles. The van der Waals surface area contributed by atoms with Crippen LogP contribution < -0.4 is 5.32 Å². The van der Waals surface area contributed by atoms with Gasteiger partial charge in [-0.1, -0.05) is 23.7 Å². The summed E-state index contributed by atoms with van der Waals surface area (Å²) in [6.45, 7) is 0. The summed E-state index contributed by atoms with van der Waals surface area (Å²) in [4.78, 5) is 11.9. The number of hydrogen-bond donors (Lipinski definition) is 3. The van der Waals surface area contributed by atoms with Crippen LogP contribution in [0, 0.1) is 5.82 Å². The quantitative estimate of drug-likeness (QED) is 0.741. The standard InChI is InChI=1S/C13H9ClFNO3/c14-8-4-2-5-9(11(8)15)16-13(19)7-3-1-6-10(17)12(7)18/h1-6,17-18H,(H,16,19). The van der Waals surface area contributed by atoms with Crippen molar-refractivity contribution >= 4 is 23.2 Å². The molecule has 3 N–H and O–H groups in total. The zero-order valence-corrected chi connectivity index (χ0v) is 10.3. The lowest BCUT2D eigenvalue weighted by molar-refractivity contribution is 0.102. The molecule has 0 aliphatic heterocycles. The third-order valence-corrected chi connectivity index (χ3v) is 2.75. The third kappa shape index (κ3) is 2.61. The Hall–Kier alpha value is -2.27. The van der Waals surface area contributed by atoms with Crippen molar-refractivity contribution < 1.29 is 19.4 Å². The molecule has 0 heterocycles. The summed E-state index contributed by atoms with van der Waals surface area (Å²) in [5.41, 5.74) is -0.278. The van der Waals surface area contributed by atoms with E-state index in [0.29, 0.717) is 0 Å². The zero-order valence-electron chi connectivity index (χ0n) is 9.52. The molecule has 0 bridgehead atoms. The van der Waals surface area contributed by atoms with E-state index < -0.39 is 23.2 Å². The van der Waals surface area contributed by atoms with Gasteiger partial charge in [0.1, 0.15) is 0 Å². The molecule has 19 heavy (non-hydrogen) atoms. The average molecular weight is 282 g/mol. The maximum Gasteiger partial charge on any atom is 0.259 e. The highest BCUT2D eigenvalue weighted by atomic mass is 35.5. The lowest BCUT2D eigenvalue weighted by Gasteiger charge is -2.09. The first-order valence-electron chi connectivity index (χ1n) is 5.27. The minimum absolute atomic E-state index is 0.111. The number of para-hydroxylation sites is 1.